The predicted octanol–water partition coefficient (Wildman–Crippen LogP) is 4.65. The molecule has 0 saturated heterocycles. The number of nitrogens with one attached hydrogen (secondary N) is 2. The van der Waals surface area contributed by atoms with Gasteiger partial charge in [-0.3, -0.25) is 4.79 Å². The van der Waals surface area contributed by atoms with E-state index in [9.17, 15) is 18.0 Å². The fraction of sp³-hybridized carbons (Fsp3) is 0.409. The molecule has 33 heavy (non-hydrogen) atoms. The van der Waals surface area contributed by atoms with Gasteiger partial charge in [-0.15, -0.1) is 0 Å². The molecule has 11 heteroatoms. The molecule has 1 amide bonds. The van der Waals surface area contributed by atoms with Gasteiger partial charge in [-0.05, 0) is 49.9 Å². The Balaban J connectivity index is 1.34. The number of rotatable bonds is 4. The van der Waals surface area contributed by atoms with Gasteiger partial charge in [0.1, 0.15) is 17.9 Å². The van der Waals surface area contributed by atoms with E-state index in [1.54, 1.807) is 10.7 Å². The first-order chi connectivity index (χ1) is 15.8. The number of pyridine rings is 1. The van der Waals surface area contributed by atoms with Gasteiger partial charge in [0.15, 0.2) is 0 Å². The molecule has 174 valence electrons. The van der Waals surface area contributed by atoms with E-state index in [4.69, 9.17) is 16.3 Å². The van der Waals surface area contributed by atoms with Crippen LogP contribution in [0.25, 0.3) is 10.9 Å². The standard InChI is InChI=1S/C22H21ClF3N5O2/c23-12-4-5-17-15(8-12)18(10-19(30-17)22(24,25)26)28-13-2-1-3-14(9-13)29-20(32)16-11-27-31-6-7-33-21(16)31/h4-5,8,10-11,13-14H,1-3,6-7,9H2,(H,28,30)(H,29,32)/t13-,14+/m0/s1. The van der Waals surface area contributed by atoms with Gasteiger partial charge in [0.2, 0.25) is 5.88 Å². The van der Waals surface area contributed by atoms with Crippen LogP contribution in [-0.2, 0) is 12.7 Å². The van der Waals surface area contributed by atoms with Gasteiger partial charge in [0.25, 0.3) is 5.91 Å². The Morgan fingerprint density at radius 2 is 2.03 bits per heavy atom. The van der Waals surface area contributed by atoms with Gasteiger partial charge in [-0.2, -0.15) is 18.3 Å². The number of halogens is 4. The highest BCUT2D eigenvalue weighted by Crippen LogP contribution is 2.35. The number of hydrogen-bond acceptors (Lipinski definition) is 5. The van der Waals surface area contributed by atoms with Crippen molar-refractivity contribution in [3.8, 4) is 5.88 Å². The maximum atomic E-state index is 13.4. The number of fused-ring (bicyclic) bond motifs is 2. The Hall–Kier alpha value is -3.01. The average Bonchev–Trinajstić information content (AvgIpc) is 3.37. The van der Waals surface area contributed by atoms with Crippen molar-refractivity contribution < 1.29 is 22.7 Å². The third-order valence-corrected chi connectivity index (χ3v) is 6.24. The molecule has 1 saturated carbocycles. The molecule has 7 nitrogen and oxygen atoms in total. The summed E-state index contributed by atoms with van der Waals surface area (Å²) in [6, 6.07) is 5.38. The van der Waals surface area contributed by atoms with E-state index in [2.05, 4.69) is 20.7 Å². The van der Waals surface area contributed by atoms with Gasteiger partial charge in [-0.1, -0.05) is 11.6 Å². The topological polar surface area (TPSA) is 81.1 Å². The van der Waals surface area contributed by atoms with Crippen LogP contribution in [0.2, 0.25) is 5.02 Å². The number of carbonyl (C=O) groups excluding carboxylic acids is 1. The fourth-order valence-corrected chi connectivity index (χ4v) is 4.64. The maximum absolute atomic E-state index is 13.4. The monoisotopic (exact) mass is 479 g/mol. The molecule has 0 spiro atoms. The largest absolute Gasteiger partial charge is 0.475 e. The first kappa shape index (κ1) is 21.8. The van der Waals surface area contributed by atoms with E-state index in [0.29, 0.717) is 47.1 Å². The van der Waals surface area contributed by atoms with Crippen LogP contribution in [0.4, 0.5) is 18.9 Å². The summed E-state index contributed by atoms with van der Waals surface area (Å²) < 4.78 is 47.4. The molecule has 2 atom stereocenters. The molecule has 1 aromatic carbocycles. The summed E-state index contributed by atoms with van der Waals surface area (Å²) in [6.45, 7) is 1.10. The van der Waals surface area contributed by atoms with Crippen molar-refractivity contribution in [2.24, 2.45) is 0 Å². The zero-order valence-corrected chi connectivity index (χ0v) is 18.2. The minimum absolute atomic E-state index is 0.121. The van der Waals surface area contributed by atoms with E-state index in [0.717, 1.165) is 25.3 Å². The molecular formula is C22H21ClF3N5O2. The maximum Gasteiger partial charge on any atom is 0.433 e. The van der Waals surface area contributed by atoms with Crippen molar-refractivity contribution >= 4 is 34.1 Å². The van der Waals surface area contributed by atoms with Crippen LogP contribution in [0.1, 0.15) is 41.7 Å². The lowest BCUT2D eigenvalue weighted by atomic mass is 9.90. The molecule has 1 fully saturated rings. The number of ether oxygens (including phenoxy) is 1. The molecule has 3 aromatic rings. The molecule has 0 unspecified atom stereocenters. The van der Waals surface area contributed by atoms with Crippen LogP contribution in [0.3, 0.4) is 0 Å². The van der Waals surface area contributed by atoms with Crippen molar-refractivity contribution in [1.29, 1.82) is 0 Å². The van der Waals surface area contributed by atoms with E-state index in [-0.39, 0.29) is 23.5 Å². The Bertz CT molecular complexity index is 1210. The summed E-state index contributed by atoms with van der Waals surface area (Å²) in [6.07, 6.45) is -0.131. The highest BCUT2D eigenvalue weighted by atomic mass is 35.5. The number of carbonyl (C=O) groups is 1. The number of aromatic nitrogens is 3. The lowest BCUT2D eigenvalue weighted by Crippen LogP contribution is -2.41. The van der Waals surface area contributed by atoms with Crippen molar-refractivity contribution in [2.75, 3.05) is 11.9 Å². The van der Waals surface area contributed by atoms with Crippen molar-refractivity contribution in [1.82, 2.24) is 20.1 Å². The highest BCUT2D eigenvalue weighted by molar-refractivity contribution is 6.31. The number of benzene rings is 1. The van der Waals surface area contributed by atoms with E-state index < -0.39 is 11.9 Å². The second-order valence-electron chi connectivity index (χ2n) is 8.33. The number of nitrogens with zero attached hydrogens (tertiary/aromatic N) is 3. The van der Waals surface area contributed by atoms with Crippen LogP contribution in [0, 0.1) is 0 Å². The fourth-order valence-electron chi connectivity index (χ4n) is 4.47. The van der Waals surface area contributed by atoms with Crippen molar-refractivity contribution in [3.05, 3.63) is 46.7 Å². The Morgan fingerprint density at radius 3 is 2.85 bits per heavy atom. The molecule has 3 heterocycles. The van der Waals surface area contributed by atoms with E-state index in [1.165, 1.54) is 18.3 Å². The second kappa shape index (κ2) is 8.40. The molecule has 0 radical (unpaired) electrons. The first-order valence-corrected chi connectivity index (χ1v) is 11.1. The van der Waals surface area contributed by atoms with Crippen molar-refractivity contribution in [2.45, 2.75) is 50.5 Å². The first-order valence-electron chi connectivity index (χ1n) is 10.7. The zero-order chi connectivity index (χ0) is 23.2. The van der Waals surface area contributed by atoms with Crippen LogP contribution in [-0.4, -0.2) is 39.4 Å². The number of alkyl halides is 3. The lowest BCUT2D eigenvalue weighted by Gasteiger charge is -2.31. The average molecular weight is 480 g/mol. The summed E-state index contributed by atoms with van der Waals surface area (Å²) in [4.78, 5) is 16.5. The van der Waals surface area contributed by atoms with Crippen LogP contribution in [0.15, 0.2) is 30.5 Å². The quantitative estimate of drug-likeness (QED) is 0.569. The van der Waals surface area contributed by atoms with Crippen LogP contribution < -0.4 is 15.4 Å². The van der Waals surface area contributed by atoms with Crippen molar-refractivity contribution in [3.63, 3.8) is 0 Å². The molecule has 0 bridgehead atoms. The summed E-state index contributed by atoms with van der Waals surface area (Å²) in [7, 11) is 0. The van der Waals surface area contributed by atoms with Gasteiger partial charge in [-0.25, -0.2) is 9.67 Å². The molecule has 5 rings (SSSR count). The number of anilines is 1. The Labute approximate surface area is 192 Å². The molecule has 2 aliphatic rings. The summed E-state index contributed by atoms with van der Waals surface area (Å²) in [5.41, 5.74) is -0.0233. The normalized spacial score (nSPS) is 20.4. The molecule has 1 aliphatic heterocycles. The number of amides is 1. The van der Waals surface area contributed by atoms with Gasteiger partial charge in [0.05, 0.1) is 18.3 Å². The SMILES string of the molecule is O=C(N[C@@H]1CCC[C@H](Nc2cc(C(F)(F)F)nc3ccc(Cl)cc23)C1)c1cnn2c1OCC2. The molecule has 2 aromatic heterocycles. The molecule has 1 aliphatic carbocycles. The highest BCUT2D eigenvalue weighted by Gasteiger charge is 2.34. The second-order valence-corrected chi connectivity index (χ2v) is 8.76. The van der Waals surface area contributed by atoms with Gasteiger partial charge < -0.3 is 15.4 Å². The van der Waals surface area contributed by atoms with E-state index >= 15 is 0 Å². The predicted molar refractivity (Wildman–Crippen MR) is 117 cm³/mol. The third-order valence-electron chi connectivity index (χ3n) is 6.01. The van der Waals surface area contributed by atoms with Crippen LogP contribution in [0.5, 0.6) is 5.88 Å². The minimum atomic E-state index is -4.57. The van der Waals surface area contributed by atoms with E-state index in [1.807, 2.05) is 0 Å². The smallest absolute Gasteiger partial charge is 0.433 e. The summed E-state index contributed by atoms with van der Waals surface area (Å²) in [5.74, 6) is 0.210. The Morgan fingerprint density at radius 1 is 1.21 bits per heavy atom. The lowest BCUT2D eigenvalue weighted by molar-refractivity contribution is -0.140. The summed E-state index contributed by atoms with van der Waals surface area (Å²) >= 11 is 6.09. The molecular weight excluding hydrogens is 459 g/mol. The number of hydrogen-bond donors (Lipinski definition) is 2. The van der Waals surface area contributed by atoms with Crippen LogP contribution >= 0.6 is 11.6 Å². The van der Waals surface area contributed by atoms with Gasteiger partial charge >= 0.3 is 6.18 Å². The minimum Gasteiger partial charge on any atom is -0.475 e. The third kappa shape index (κ3) is 4.44. The zero-order valence-electron chi connectivity index (χ0n) is 17.5. The van der Waals surface area contributed by atoms with Gasteiger partial charge in [0, 0.05) is 28.2 Å². The molecule has 2 N–H and O–H groups in total. The Kier molecular flexibility index (Phi) is 5.55. The summed E-state index contributed by atoms with van der Waals surface area (Å²) in [5, 5.41) is 11.4.